The van der Waals surface area contributed by atoms with E-state index in [1.165, 1.54) is 11.8 Å². The zero-order valence-electron chi connectivity index (χ0n) is 12.6. The summed E-state index contributed by atoms with van der Waals surface area (Å²) >= 11 is 1.41. The van der Waals surface area contributed by atoms with Crippen LogP contribution in [0.1, 0.15) is 19.3 Å². The Kier molecular flexibility index (Phi) is 5.24. The first-order valence-electron chi connectivity index (χ1n) is 7.54. The standard InChI is InChI=1S/C15H18N4O3S/c20-13(21)5-9-23-15-18-17-14(11-3-6-16-7-4-11)19(15)10-12-2-1-8-22-12/h3-4,6-7,12H,1-2,5,8-10H2,(H,20,21). The van der Waals surface area contributed by atoms with Crippen LogP contribution in [0, 0.1) is 0 Å². The molecule has 3 rings (SSSR count). The number of hydrogen-bond acceptors (Lipinski definition) is 6. The number of pyridine rings is 1. The minimum atomic E-state index is -0.808. The van der Waals surface area contributed by atoms with Gasteiger partial charge in [-0.2, -0.15) is 0 Å². The van der Waals surface area contributed by atoms with E-state index in [0.717, 1.165) is 36.0 Å². The SMILES string of the molecule is O=C(O)CCSc1nnc(-c2ccncc2)n1CC1CCCO1. The van der Waals surface area contributed by atoms with Gasteiger partial charge in [-0.05, 0) is 25.0 Å². The molecule has 122 valence electrons. The van der Waals surface area contributed by atoms with Gasteiger partial charge >= 0.3 is 5.97 Å². The van der Waals surface area contributed by atoms with Crippen LogP contribution in [0.2, 0.25) is 0 Å². The van der Waals surface area contributed by atoms with Crippen molar-refractivity contribution in [1.82, 2.24) is 19.7 Å². The lowest BCUT2D eigenvalue weighted by atomic mass is 10.2. The molecular formula is C15H18N4O3S. The van der Waals surface area contributed by atoms with Gasteiger partial charge in [0.25, 0.3) is 0 Å². The topological polar surface area (TPSA) is 90.1 Å². The van der Waals surface area contributed by atoms with E-state index < -0.39 is 5.97 Å². The van der Waals surface area contributed by atoms with Crippen molar-refractivity contribution in [3.05, 3.63) is 24.5 Å². The van der Waals surface area contributed by atoms with Crippen LogP contribution in [-0.4, -0.2) is 49.3 Å². The summed E-state index contributed by atoms with van der Waals surface area (Å²) in [4.78, 5) is 14.7. The predicted octanol–water partition coefficient (Wildman–Crippen LogP) is 2.09. The molecule has 0 amide bonds. The summed E-state index contributed by atoms with van der Waals surface area (Å²) in [6, 6.07) is 3.78. The molecule has 0 aliphatic carbocycles. The summed E-state index contributed by atoms with van der Waals surface area (Å²) < 4.78 is 7.75. The van der Waals surface area contributed by atoms with Crippen molar-refractivity contribution in [2.24, 2.45) is 0 Å². The van der Waals surface area contributed by atoms with Crippen LogP contribution >= 0.6 is 11.8 Å². The van der Waals surface area contributed by atoms with Gasteiger partial charge in [0.1, 0.15) is 0 Å². The number of aliphatic carboxylic acids is 1. The summed E-state index contributed by atoms with van der Waals surface area (Å²) in [5.41, 5.74) is 0.940. The minimum absolute atomic E-state index is 0.0993. The van der Waals surface area contributed by atoms with Crippen molar-refractivity contribution in [2.75, 3.05) is 12.4 Å². The molecule has 7 nitrogen and oxygen atoms in total. The zero-order valence-corrected chi connectivity index (χ0v) is 13.4. The maximum absolute atomic E-state index is 10.7. The fourth-order valence-corrected chi connectivity index (χ4v) is 3.37. The maximum Gasteiger partial charge on any atom is 0.304 e. The van der Waals surface area contributed by atoms with Crippen molar-refractivity contribution in [1.29, 1.82) is 0 Å². The Balaban J connectivity index is 1.83. The Morgan fingerprint density at radius 2 is 2.22 bits per heavy atom. The molecule has 1 aliphatic rings. The van der Waals surface area contributed by atoms with E-state index in [2.05, 4.69) is 15.2 Å². The number of rotatable bonds is 7. The van der Waals surface area contributed by atoms with Crippen LogP contribution in [0.4, 0.5) is 0 Å². The maximum atomic E-state index is 10.7. The van der Waals surface area contributed by atoms with Gasteiger partial charge in [-0.15, -0.1) is 10.2 Å². The third-order valence-electron chi connectivity index (χ3n) is 3.61. The molecule has 3 heterocycles. The lowest BCUT2D eigenvalue weighted by molar-refractivity contribution is -0.136. The first-order chi connectivity index (χ1) is 11.2. The highest BCUT2D eigenvalue weighted by atomic mass is 32.2. The highest BCUT2D eigenvalue weighted by molar-refractivity contribution is 7.99. The van der Waals surface area contributed by atoms with Gasteiger partial charge in [-0.1, -0.05) is 11.8 Å². The van der Waals surface area contributed by atoms with E-state index in [4.69, 9.17) is 9.84 Å². The number of ether oxygens (including phenoxy) is 1. The van der Waals surface area contributed by atoms with Gasteiger partial charge < -0.3 is 9.84 Å². The van der Waals surface area contributed by atoms with E-state index >= 15 is 0 Å². The van der Waals surface area contributed by atoms with Crippen LogP contribution in [0.5, 0.6) is 0 Å². The fourth-order valence-electron chi connectivity index (χ4n) is 2.50. The lowest BCUT2D eigenvalue weighted by Crippen LogP contribution is -2.16. The van der Waals surface area contributed by atoms with Crippen molar-refractivity contribution >= 4 is 17.7 Å². The first kappa shape index (κ1) is 15.9. The largest absolute Gasteiger partial charge is 0.481 e. The molecule has 0 radical (unpaired) electrons. The summed E-state index contributed by atoms with van der Waals surface area (Å²) in [6.07, 6.45) is 5.79. The molecule has 23 heavy (non-hydrogen) atoms. The van der Waals surface area contributed by atoms with Crippen molar-refractivity contribution < 1.29 is 14.6 Å². The zero-order chi connectivity index (χ0) is 16.1. The highest BCUT2D eigenvalue weighted by Crippen LogP contribution is 2.26. The van der Waals surface area contributed by atoms with Crippen molar-refractivity contribution in [3.8, 4) is 11.4 Å². The van der Waals surface area contributed by atoms with E-state index in [-0.39, 0.29) is 12.5 Å². The number of carboxylic acid groups (broad SMARTS) is 1. The lowest BCUT2D eigenvalue weighted by Gasteiger charge is -2.14. The number of carboxylic acids is 1. The number of thioether (sulfide) groups is 1. The molecule has 8 heteroatoms. The molecule has 2 aromatic rings. The van der Waals surface area contributed by atoms with Gasteiger partial charge in [0.15, 0.2) is 11.0 Å². The second kappa shape index (κ2) is 7.56. The Labute approximate surface area is 138 Å². The van der Waals surface area contributed by atoms with E-state index in [9.17, 15) is 4.79 Å². The Hall–Kier alpha value is -1.93. The Morgan fingerprint density at radius 3 is 2.91 bits per heavy atom. The second-order valence-electron chi connectivity index (χ2n) is 5.28. The first-order valence-corrected chi connectivity index (χ1v) is 8.52. The summed E-state index contributed by atoms with van der Waals surface area (Å²) in [7, 11) is 0. The predicted molar refractivity (Wildman–Crippen MR) is 85.2 cm³/mol. The number of carbonyl (C=O) groups is 1. The smallest absolute Gasteiger partial charge is 0.304 e. The third kappa shape index (κ3) is 4.08. The normalized spacial score (nSPS) is 17.5. The molecule has 0 saturated carbocycles. The van der Waals surface area contributed by atoms with Crippen LogP contribution in [0.15, 0.2) is 29.7 Å². The van der Waals surface area contributed by atoms with Crippen molar-refractivity contribution in [3.63, 3.8) is 0 Å². The van der Waals surface area contributed by atoms with Gasteiger partial charge in [0.2, 0.25) is 0 Å². The third-order valence-corrected chi connectivity index (χ3v) is 4.58. The van der Waals surface area contributed by atoms with Crippen LogP contribution in [-0.2, 0) is 16.1 Å². The molecule has 0 bridgehead atoms. The molecule has 2 aromatic heterocycles. The molecule has 1 fully saturated rings. The van der Waals surface area contributed by atoms with Gasteiger partial charge in [0.05, 0.1) is 19.1 Å². The molecule has 0 aromatic carbocycles. The van der Waals surface area contributed by atoms with Crippen LogP contribution in [0.25, 0.3) is 11.4 Å². The molecule has 1 N–H and O–H groups in total. The Morgan fingerprint density at radius 1 is 1.39 bits per heavy atom. The summed E-state index contributed by atoms with van der Waals surface area (Å²) in [5.74, 6) is 0.424. The van der Waals surface area contributed by atoms with Crippen LogP contribution in [0.3, 0.4) is 0 Å². The quantitative estimate of drug-likeness (QED) is 0.775. The van der Waals surface area contributed by atoms with E-state index in [0.29, 0.717) is 12.3 Å². The Bertz CT molecular complexity index is 656. The van der Waals surface area contributed by atoms with Crippen molar-refractivity contribution in [2.45, 2.75) is 37.1 Å². The van der Waals surface area contributed by atoms with Gasteiger partial charge in [-0.3, -0.25) is 14.3 Å². The number of hydrogen-bond donors (Lipinski definition) is 1. The average Bonchev–Trinajstić information content (AvgIpc) is 3.19. The van der Waals surface area contributed by atoms with E-state index in [1.807, 2.05) is 16.7 Å². The van der Waals surface area contributed by atoms with E-state index in [1.54, 1.807) is 12.4 Å². The second-order valence-corrected chi connectivity index (χ2v) is 6.34. The fraction of sp³-hybridized carbons (Fsp3) is 0.467. The highest BCUT2D eigenvalue weighted by Gasteiger charge is 2.21. The minimum Gasteiger partial charge on any atom is -0.481 e. The molecule has 1 saturated heterocycles. The summed E-state index contributed by atoms with van der Waals surface area (Å²) in [5, 5.41) is 18.0. The number of nitrogens with zero attached hydrogens (tertiary/aromatic N) is 4. The molecule has 1 unspecified atom stereocenters. The molecule has 1 aliphatic heterocycles. The molecule has 0 spiro atoms. The number of aromatic nitrogens is 4. The monoisotopic (exact) mass is 334 g/mol. The van der Waals surface area contributed by atoms with Gasteiger partial charge in [0, 0.05) is 30.3 Å². The summed E-state index contributed by atoms with van der Waals surface area (Å²) in [6.45, 7) is 1.47. The van der Waals surface area contributed by atoms with Crippen LogP contribution < -0.4 is 0 Å². The molecule has 1 atom stereocenters. The average molecular weight is 334 g/mol. The van der Waals surface area contributed by atoms with Gasteiger partial charge in [-0.25, -0.2) is 0 Å². The molecular weight excluding hydrogens is 316 g/mol.